The Morgan fingerprint density at radius 2 is 1.94 bits per heavy atom. The van der Waals surface area contributed by atoms with Crippen molar-refractivity contribution < 1.29 is 13.5 Å². The van der Waals surface area contributed by atoms with Crippen LogP contribution in [0.4, 0.5) is 8.78 Å². The molecule has 0 radical (unpaired) electrons. The van der Waals surface area contributed by atoms with Crippen LogP contribution in [-0.2, 0) is 0 Å². The summed E-state index contributed by atoms with van der Waals surface area (Å²) in [6.07, 6.45) is -2.70. The summed E-state index contributed by atoms with van der Waals surface area (Å²) in [4.78, 5) is 3.80. The molecule has 1 aromatic heterocycles. The van der Waals surface area contributed by atoms with Crippen LogP contribution < -0.4 is 4.74 Å². The van der Waals surface area contributed by atoms with Gasteiger partial charge in [0.05, 0.1) is 28.1 Å². The van der Waals surface area contributed by atoms with Gasteiger partial charge in [-0.2, -0.15) is 0 Å². The summed E-state index contributed by atoms with van der Waals surface area (Å²) >= 11 is 11.9. The summed E-state index contributed by atoms with van der Waals surface area (Å²) in [6.45, 7) is 0. The Labute approximate surface area is 106 Å². The van der Waals surface area contributed by atoms with Gasteiger partial charge in [0.2, 0.25) is 0 Å². The molecule has 1 heterocycles. The number of ether oxygens (including phenoxy) is 1. The molecule has 0 saturated carbocycles. The topological polar surface area (TPSA) is 22.1 Å². The van der Waals surface area contributed by atoms with Crippen molar-refractivity contribution in [3.05, 3.63) is 33.9 Å². The third-order valence-corrected chi connectivity index (χ3v) is 2.89. The van der Waals surface area contributed by atoms with Crippen LogP contribution in [0.25, 0.3) is 10.9 Å². The van der Waals surface area contributed by atoms with Gasteiger partial charge in [-0.1, -0.05) is 23.2 Å². The molecule has 17 heavy (non-hydrogen) atoms. The number of hydrogen-bond donors (Lipinski definition) is 0. The maximum atomic E-state index is 12.6. The second-order valence-corrected chi connectivity index (χ2v) is 4.12. The zero-order valence-corrected chi connectivity index (χ0v) is 10.2. The Morgan fingerprint density at radius 1 is 1.24 bits per heavy atom. The normalized spacial score (nSPS) is 11.2. The van der Waals surface area contributed by atoms with Crippen LogP contribution in [0.5, 0.6) is 5.75 Å². The highest BCUT2D eigenvalue weighted by molar-refractivity contribution is 6.39. The van der Waals surface area contributed by atoms with Gasteiger partial charge in [0, 0.05) is 0 Å². The maximum absolute atomic E-state index is 12.6. The number of nitrogens with zero attached hydrogens (tertiary/aromatic N) is 1. The fourth-order valence-electron chi connectivity index (χ4n) is 1.53. The summed E-state index contributed by atoms with van der Waals surface area (Å²) in [5.41, 5.74) is -0.188. The Hall–Kier alpha value is -1.13. The van der Waals surface area contributed by atoms with E-state index in [-0.39, 0.29) is 15.6 Å². The fraction of sp³-hybridized carbons (Fsp3) is 0.182. The Bertz CT molecular complexity index is 575. The second kappa shape index (κ2) is 4.63. The van der Waals surface area contributed by atoms with Crippen LogP contribution >= 0.6 is 23.2 Å². The molecule has 0 atom stereocenters. The molecule has 90 valence electrons. The van der Waals surface area contributed by atoms with Gasteiger partial charge < -0.3 is 4.74 Å². The van der Waals surface area contributed by atoms with Crippen LogP contribution in [0.1, 0.15) is 12.1 Å². The molecule has 0 aliphatic heterocycles. The summed E-state index contributed by atoms with van der Waals surface area (Å²) in [5, 5.41) is 0.834. The minimum absolute atomic E-state index is 0.143. The molecule has 1 aromatic carbocycles. The molecule has 0 N–H and O–H groups in total. The van der Waals surface area contributed by atoms with E-state index >= 15 is 0 Å². The number of hydrogen-bond acceptors (Lipinski definition) is 2. The number of pyridine rings is 1. The molecular weight excluding hydrogens is 271 g/mol. The molecule has 0 aliphatic rings. The second-order valence-electron chi connectivity index (χ2n) is 3.30. The summed E-state index contributed by atoms with van der Waals surface area (Å²) in [5.74, 6) is 0.447. The van der Waals surface area contributed by atoms with Gasteiger partial charge in [-0.25, -0.2) is 13.8 Å². The van der Waals surface area contributed by atoms with Crippen molar-refractivity contribution in [3.8, 4) is 5.75 Å². The van der Waals surface area contributed by atoms with Crippen molar-refractivity contribution in [1.82, 2.24) is 4.98 Å². The lowest BCUT2D eigenvalue weighted by molar-refractivity contribution is 0.146. The van der Waals surface area contributed by atoms with E-state index in [1.165, 1.54) is 13.2 Å². The number of methoxy groups -OCH3 is 1. The van der Waals surface area contributed by atoms with Crippen LogP contribution in [0.3, 0.4) is 0 Å². The van der Waals surface area contributed by atoms with Crippen molar-refractivity contribution in [1.29, 1.82) is 0 Å². The van der Waals surface area contributed by atoms with E-state index in [2.05, 4.69) is 4.98 Å². The summed E-state index contributed by atoms with van der Waals surface area (Å²) < 4.78 is 30.3. The molecule has 0 bridgehead atoms. The van der Waals surface area contributed by atoms with Gasteiger partial charge in [0.15, 0.2) is 0 Å². The van der Waals surface area contributed by atoms with E-state index in [1.54, 1.807) is 6.07 Å². The van der Waals surface area contributed by atoms with Crippen LogP contribution in [0.15, 0.2) is 18.2 Å². The van der Waals surface area contributed by atoms with Crippen LogP contribution in [-0.4, -0.2) is 12.1 Å². The minimum atomic E-state index is -2.70. The van der Waals surface area contributed by atoms with Crippen LogP contribution in [0, 0.1) is 0 Å². The average Bonchev–Trinajstić information content (AvgIpc) is 2.30. The number of aromatic nitrogens is 1. The fourth-order valence-corrected chi connectivity index (χ4v) is 2.03. The summed E-state index contributed by atoms with van der Waals surface area (Å²) in [7, 11) is 1.46. The first-order valence-electron chi connectivity index (χ1n) is 4.65. The van der Waals surface area contributed by atoms with Gasteiger partial charge in [0.1, 0.15) is 11.4 Å². The first kappa shape index (κ1) is 12.3. The number of benzene rings is 1. The van der Waals surface area contributed by atoms with Crippen molar-refractivity contribution in [2.45, 2.75) is 6.43 Å². The SMILES string of the molecule is COc1ccc(Cl)c2nc(C(F)F)cc(Cl)c12. The third kappa shape index (κ3) is 2.15. The molecule has 2 rings (SSSR count). The van der Waals surface area contributed by atoms with Crippen molar-refractivity contribution in [3.63, 3.8) is 0 Å². The van der Waals surface area contributed by atoms with Gasteiger partial charge >= 0.3 is 0 Å². The number of rotatable bonds is 2. The van der Waals surface area contributed by atoms with Crippen molar-refractivity contribution in [2.75, 3.05) is 7.11 Å². The molecule has 2 nitrogen and oxygen atoms in total. The number of alkyl halides is 2. The molecule has 0 saturated heterocycles. The first-order valence-corrected chi connectivity index (χ1v) is 5.41. The number of halogens is 4. The molecule has 0 unspecified atom stereocenters. The molecule has 6 heteroatoms. The standard InChI is InChI=1S/C11H7Cl2F2NO/c1-17-8-3-2-5(12)10-9(8)6(13)4-7(16-10)11(14)15/h2-4,11H,1H3. The Morgan fingerprint density at radius 3 is 2.53 bits per heavy atom. The van der Waals surface area contributed by atoms with Gasteiger partial charge in [-0.05, 0) is 18.2 Å². The van der Waals surface area contributed by atoms with E-state index in [4.69, 9.17) is 27.9 Å². The van der Waals surface area contributed by atoms with E-state index < -0.39 is 12.1 Å². The zero-order valence-electron chi connectivity index (χ0n) is 8.68. The highest BCUT2D eigenvalue weighted by Gasteiger charge is 2.16. The van der Waals surface area contributed by atoms with E-state index in [0.29, 0.717) is 11.1 Å². The largest absolute Gasteiger partial charge is 0.496 e. The quantitative estimate of drug-likeness (QED) is 0.807. The van der Waals surface area contributed by atoms with E-state index in [1.807, 2.05) is 0 Å². The highest BCUT2D eigenvalue weighted by atomic mass is 35.5. The maximum Gasteiger partial charge on any atom is 0.280 e. The molecule has 0 amide bonds. The van der Waals surface area contributed by atoms with Crippen molar-refractivity contribution in [2.24, 2.45) is 0 Å². The van der Waals surface area contributed by atoms with Gasteiger partial charge in [-0.15, -0.1) is 0 Å². The zero-order chi connectivity index (χ0) is 12.6. The molecule has 0 spiro atoms. The predicted molar refractivity (Wildman–Crippen MR) is 63.3 cm³/mol. The van der Waals surface area contributed by atoms with Gasteiger partial charge in [0.25, 0.3) is 6.43 Å². The predicted octanol–water partition coefficient (Wildman–Crippen LogP) is 4.49. The van der Waals surface area contributed by atoms with Gasteiger partial charge in [-0.3, -0.25) is 0 Å². The van der Waals surface area contributed by atoms with Crippen molar-refractivity contribution >= 4 is 34.1 Å². The lowest BCUT2D eigenvalue weighted by Crippen LogP contribution is -1.94. The number of fused-ring (bicyclic) bond motifs is 1. The molecule has 2 aromatic rings. The first-order chi connectivity index (χ1) is 8.04. The third-order valence-electron chi connectivity index (χ3n) is 2.29. The monoisotopic (exact) mass is 277 g/mol. The molecule has 0 fully saturated rings. The molecular formula is C11H7Cl2F2NO. The lowest BCUT2D eigenvalue weighted by atomic mass is 10.2. The Balaban J connectivity index is 2.84. The smallest absolute Gasteiger partial charge is 0.280 e. The highest BCUT2D eigenvalue weighted by Crippen LogP contribution is 2.37. The van der Waals surface area contributed by atoms with E-state index in [9.17, 15) is 8.78 Å². The summed E-state index contributed by atoms with van der Waals surface area (Å²) in [6, 6.07) is 4.26. The lowest BCUT2D eigenvalue weighted by Gasteiger charge is -2.09. The average molecular weight is 278 g/mol. The molecule has 0 aliphatic carbocycles. The Kier molecular flexibility index (Phi) is 3.35. The van der Waals surface area contributed by atoms with E-state index in [0.717, 1.165) is 6.07 Å². The van der Waals surface area contributed by atoms with Crippen LogP contribution in [0.2, 0.25) is 10.0 Å². The minimum Gasteiger partial charge on any atom is -0.496 e.